The summed E-state index contributed by atoms with van der Waals surface area (Å²) in [7, 11) is 0. The lowest BCUT2D eigenvalue weighted by Gasteiger charge is -2.23. The second-order valence-electron chi connectivity index (χ2n) is 7.81. The van der Waals surface area contributed by atoms with Gasteiger partial charge in [-0.25, -0.2) is 14.4 Å². The molecule has 0 radical (unpaired) electrons. The van der Waals surface area contributed by atoms with Gasteiger partial charge < -0.3 is 15.4 Å². The first-order chi connectivity index (χ1) is 14.4. The maximum absolute atomic E-state index is 14.2. The number of nitrogens with one attached hydrogen (secondary N) is 1. The Morgan fingerprint density at radius 3 is 2.83 bits per heavy atom. The van der Waals surface area contributed by atoms with E-state index in [2.05, 4.69) is 25.0 Å². The molecule has 0 aliphatic carbocycles. The Labute approximate surface area is 175 Å². The normalized spacial score (nSPS) is 18.5. The molecule has 2 aromatic rings. The Morgan fingerprint density at radius 2 is 2.10 bits per heavy atom. The van der Waals surface area contributed by atoms with Gasteiger partial charge in [0.15, 0.2) is 11.6 Å². The van der Waals surface area contributed by atoms with Crippen molar-refractivity contribution in [1.82, 2.24) is 15.0 Å². The zero-order valence-corrected chi connectivity index (χ0v) is 17.2. The quantitative estimate of drug-likeness (QED) is 0.559. The molecular weight excluding hydrogens is 385 g/mol. The minimum Gasteiger partial charge on any atom is -0.488 e. The Kier molecular flexibility index (Phi) is 5.52. The average molecular weight is 411 g/mol. The molecule has 8 nitrogen and oxygen atoms in total. The first kappa shape index (κ1) is 20.1. The number of nitrogens with two attached hydrogens (primary N) is 1. The van der Waals surface area contributed by atoms with Crippen LogP contribution in [0.2, 0.25) is 0 Å². The Balaban J connectivity index is 1.55. The largest absolute Gasteiger partial charge is 0.488 e. The zero-order chi connectivity index (χ0) is 21.3. The summed E-state index contributed by atoms with van der Waals surface area (Å²) >= 11 is 0. The summed E-state index contributed by atoms with van der Waals surface area (Å²) in [6.45, 7) is 6.28. The van der Waals surface area contributed by atoms with E-state index in [1.165, 1.54) is 18.5 Å². The fraction of sp³-hybridized carbons (Fsp3) is 0.429. The number of hydrogen-bond donors (Lipinski definition) is 2. The molecule has 158 valence electrons. The molecule has 1 atom stereocenters. The van der Waals surface area contributed by atoms with E-state index >= 15 is 0 Å². The number of aromatic nitrogens is 2. The summed E-state index contributed by atoms with van der Waals surface area (Å²) in [6, 6.07) is 4.80. The van der Waals surface area contributed by atoms with Crippen molar-refractivity contribution in [2.24, 2.45) is 5.10 Å². The molecule has 0 spiro atoms. The third-order valence-electron chi connectivity index (χ3n) is 5.27. The highest BCUT2D eigenvalue weighted by molar-refractivity contribution is 6.13. The molecular formula is C21H26FN7O. The van der Waals surface area contributed by atoms with Gasteiger partial charge in [-0.3, -0.25) is 10.4 Å². The van der Waals surface area contributed by atoms with Crippen molar-refractivity contribution < 1.29 is 9.13 Å². The Bertz CT molecular complexity index is 978. The van der Waals surface area contributed by atoms with E-state index in [1.54, 1.807) is 6.07 Å². The van der Waals surface area contributed by atoms with Crippen molar-refractivity contribution in [2.75, 3.05) is 30.3 Å². The number of benzene rings is 1. The monoisotopic (exact) mass is 411 g/mol. The van der Waals surface area contributed by atoms with Gasteiger partial charge in [-0.2, -0.15) is 5.10 Å². The number of hydrogen-bond acceptors (Lipinski definition) is 8. The smallest absolute Gasteiger partial charge is 0.167 e. The second-order valence-corrected chi connectivity index (χ2v) is 7.81. The molecule has 0 bridgehead atoms. The molecule has 1 aromatic heterocycles. The molecule has 0 saturated carbocycles. The molecule has 4 rings (SSSR count). The van der Waals surface area contributed by atoms with Crippen LogP contribution in [0.3, 0.4) is 0 Å². The minimum atomic E-state index is -0.547. The summed E-state index contributed by atoms with van der Waals surface area (Å²) in [4.78, 5) is 10.8. The molecule has 3 heterocycles. The SMILES string of the molecule is CC(C)Oc1cc(C(=N)c2cc(N3CCC(N4CCC=N4)C3)ncn2)c(N)cc1F. The number of rotatable bonds is 6. The summed E-state index contributed by atoms with van der Waals surface area (Å²) in [6.07, 6.45) is 5.21. The van der Waals surface area contributed by atoms with E-state index in [9.17, 15) is 4.39 Å². The van der Waals surface area contributed by atoms with Gasteiger partial charge in [0.05, 0.1) is 23.6 Å². The fourth-order valence-electron chi connectivity index (χ4n) is 3.80. The van der Waals surface area contributed by atoms with Gasteiger partial charge in [0, 0.05) is 55.7 Å². The topological polar surface area (TPSA) is 104 Å². The standard InChI is InChI=1S/C21H26FN7O/c1-13(2)30-19-8-15(17(23)9-16(19)22)21(24)18-10-20(26-12-25-18)28-7-4-14(11-28)29-6-3-5-27-29/h5,8-10,12-14,24H,3-4,6-7,11,23H2,1-2H3. The molecule has 1 aromatic carbocycles. The first-order valence-corrected chi connectivity index (χ1v) is 10.1. The van der Waals surface area contributed by atoms with Gasteiger partial charge in [-0.1, -0.05) is 0 Å². The second kappa shape index (κ2) is 8.25. The highest BCUT2D eigenvalue weighted by Crippen LogP contribution is 2.28. The van der Waals surface area contributed by atoms with Crippen molar-refractivity contribution in [2.45, 2.75) is 38.8 Å². The first-order valence-electron chi connectivity index (χ1n) is 10.1. The Hall–Kier alpha value is -3.23. The lowest BCUT2D eigenvalue weighted by atomic mass is 10.0. The van der Waals surface area contributed by atoms with Gasteiger partial charge in [-0.15, -0.1) is 0 Å². The highest BCUT2D eigenvalue weighted by Gasteiger charge is 2.29. The predicted octanol–water partition coefficient (Wildman–Crippen LogP) is 2.67. The van der Waals surface area contributed by atoms with Crippen LogP contribution in [0.1, 0.15) is 37.9 Å². The van der Waals surface area contributed by atoms with Gasteiger partial charge >= 0.3 is 0 Å². The third-order valence-corrected chi connectivity index (χ3v) is 5.27. The maximum Gasteiger partial charge on any atom is 0.167 e. The van der Waals surface area contributed by atoms with Crippen molar-refractivity contribution in [3.63, 3.8) is 0 Å². The van der Waals surface area contributed by atoms with E-state index < -0.39 is 5.82 Å². The average Bonchev–Trinajstić information content (AvgIpc) is 3.41. The molecule has 1 saturated heterocycles. The highest BCUT2D eigenvalue weighted by atomic mass is 19.1. The van der Waals surface area contributed by atoms with Gasteiger partial charge in [0.1, 0.15) is 12.1 Å². The van der Waals surface area contributed by atoms with E-state index in [0.29, 0.717) is 17.3 Å². The van der Waals surface area contributed by atoms with Crippen LogP contribution in [0.5, 0.6) is 5.75 Å². The minimum absolute atomic E-state index is 0.0711. The summed E-state index contributed by atoms with van der Waals surface area (Å²) in [5, 5.41) is 15.2. The van der Waals surface area contributed by atoms with Crippen LogP contribution in [0.15, 0.2) is 29.6 Å². The lowest BCUT2D eigenvalue weighted by molar-refractivity contribution is 0.231. The maximum atomic E-state index is 14.2. The van der Waals surface area contributed by atoms with E-state index in [-0.39, 0.29) is 23.3 Å². The summed E-state index contributed by atoms with van der Waals surface area (Å²) in [5.74, 6) is 0.283. The number of nitrogen functional groups attached to an aromatic ring is 1. The van der Waals surface area contributed by atoms with Gasteiger partial charge in [-0.05, 0) is 26.3 Å². The van der Waals surface area contributed by atoms with Crippen molar-refractivity contribution in [3.8, 4) is 5.75 Å². The third kappa shape index (κ3) is 4.05. The van der Waals surface area contributed by atoms with E-state index in [1.807, 2.05) is 20.1 Å². The molecule has 0 amide bonds. The van der Waals surface area contributed by atoms with Crippen LogP contribution in [-0.2, 0) is 0 Å². The van der Waals surface area contributed by atoms with Crippen LogP contribution in [0.4, 0.5) is 15.9 Å². The molecule has 1 fully saturated rings. The van der Waals surface area contributed by atoms with Crippen LogP contribution in [0, 0.1) is 11.2 Å². The molecule has 3 N–H and O–H groups in total. The number of nitrogens with zero attached hydrogens (tertiary/aromatic N) is 5. The lowest BCUT2D eigenvalue weighted by Crippen LogP contribution is -2.32. The summed E-state index contributed by atoms with van der Waals surface area (Å²) < 4.78 is 19.7. The molecule has 9 heteroatoms. The van der Waals surface area contributed by atoms with Crippen LogP contribution < -0.4 is 15.4 Å². The molecule has 1 unspecified atom stereocenters. The fourth-order valence-corrected chi connectivity index (χ4v) is 3.80. The van der Waals surface area contributed by atoms with E-state index in [4.69, 9.17) is 15.9 Å². The predicted molar refractivity (Wildman–Crippen MR) is 115 cm³/mol. The van der Waals surface area contributed by atoms with Crippen molar-refractivity contribution in [1.29, 1.82) is 5.41 Å². The van der Waals surface area contributed by atoms with Crippen LogP contribution >= 0.6 is 0 Å². The zero-order valence-electron chi connectivity index (χ0n) is 17.2. The van der Waals surface area contributed by atoms with Crippen LogP contribution in [-0.4, -0.2) is 58.7 Å². The number of halogens is 1. The number of anilines is 2. The summed E-state index contributed by atoms with van der Waals surface area (Å²) in [5.41, 5.74) is 7.07. The van der Waals surface area contributed by atoms with Gasteiger partial charge in [0.2, 0.25) is 0 Å². The molecule has 2 aliphatic rings. The van der Waals surface area contributed by atoms with Crippen molar-refractivity contribution >= 4 is 23.4 Å². The van der Waals surface area contributed by atoms with Crippen LogP contribution in [0.25, 0.3) is 0 Å². The van der Waals surface area contributed by atoms with Crippen molar-refractivity contribution in [3.05, 3.63) is 41.6 Å². The Morgan fingerprint density at radius 1 is 1.27 bits per heavy atom. The molecule has 30 heavy (non-hydrogen) atoms. The number of hydrazone groups is 1. The molecule has 2 aliphatic heterocycles. The van der Waals surface area contributed by atoms with Gasteiger partial charge in [0.25, 0.3) is 0 Å². The van der Waals surface area contributed by atoms with E-state index in [0.717, 1.165) is 38.3 Å². The number of ether oxygens (including phenoxy) is 1.